The summed E-state index contributed by atoms with van der Waals surface area (Å²) >= 11 is 5.78. The lowest BCUT2D eigenvalue weighted by molar-refractivity contribution is -0.384. The summed E-state index contributed by atoms with van der Waals surface area (Å²) in [5, 5.41) is 23.4. The Labute approximate surface area is 112 Å². The summed E-state index contributed by atoms with van der Waals surface area (Å²) in [6.07, 6.45) is 1.51. The van der Waals surface area contributed by atoms with Crippen molar-refractivity contribution < 1.29 is 14.8 Å². The minimum Gasteiger partial charge on any atom is -0.476 e. The number of hydrogen-bond acceptors (Lipinski definition) is 4. The summed E-state index contributed by atoms with van der Waals surface area (Å²) in [4.78, 5) is 20.9. The van der Waals surface area contributed by atoms with Crippen LogP contribution >= 0.6 is 11.6 Å². The normalized spacial score (nSPS) is 10.4. The highest BCUT2D eigenvalue weighted by Gasteiger charge is 2.16. The molecule has 1 aromatic heterocycles. The molecule has 1 aromatic carbocycles. The Hall–Kier alpha value is -2.41. The zero-order valence-electron chi connectivity index (χ0n) is 9.70. The van der Waals surface area contributed by atoms with Gasteiger partial charge in [0.25, 0.3) is 5.69 Å². The number of nitrogens with zero attached hydrogens (tertiary/aromatic N) is 3. The molecule has 0 spiro atoms. The molecule has 0 amide bonds. The van der Waals surface area contributed by atoms with E-state index in [1.165, 1.54) is 29.1 Å². The molecule has 0 bridgehead atoms. The molecule has 8 heteroatoms. The predicted octanol–water partition coefficient (Wildman–Crippen LogP) is 2.44. The third-order valence-electron chi connectivity index (χ3n) is 2.49. The lowest BCUT2D eigenvalue weighted by Crippen LogP contribution is -2.02. The van der Waals surface area contributed by atoms with Gasteiger partial charge in [-0.2, -0.15) is 5.10 Å². The fourth-order valence-electron chi connectivity index (χ4n) is 1.59. The first-order valence-electron chi connectivity index (χ1n) is 5.14. The van der Waals surface area contributed by atoms with Gasteiger partial charge in [0.05, 0.1) is 10.6 Å². The molecule has 1 N–H and O–H groups in total. The molecule has 2 rings (SSSR count). The SMILES string of the molecule is Cc1cn(-c2ccc([N+](=O)[O-])c(Cl)c2)nc1C(=O)O. The van der Waals surface area contributed by atoms with E-state index in [2.05, 4.69) is 5.10 Å². The van der Waals surface area contributed by atoms with E-state index in [-0.39, 0.29) is 16.4 Å². The molecule has 0 fully saturated rings. The molecule has 7 nitrogen and oxygen atoms in total. The third-order valence-corrected chi connectivity index (χ3v) is 2.80. The molecule has 1 heterocycles. The number of hydrogen-bond donors (Lipinski definition) is 1. The second-order valence-electron chi connectivity index (χ2n) is 3.80. The van der Waals surface area contributed by atoms with E-state index in [0.29, 0.717) is 11.3 Å². The number of halogens is 1. The molecule has 0 aliphatic rings. The van der Waals surface area contributed by atoms with Crippen molar-refractivity contribution in [1.29, 1.82) is 0 Å². The highest BCUT2D eigenvalue weighted by molar-refractivity contribution is 6.32. The van der Waals surface area contributed by atoms with Gasteiger partial charge in [0.15, 0.2) is 5.69 Å². The number of aromatic nitrogens is 2. The van der Waals surface area contributed by atoms with Crippen molar-refractivity contribution in [3.63, 3.8) is 0 Å². The average Bonchev–Trinajstić information content (AvgIpc) is 2.70. The van der Waals surface area contributed by atoms with Crippen LogP contribution in [0.2, 0.25) is 5.02 Å². The summed E-state index contributed by atoms with van der Waals surface area (Å²) in [5.74, 6) is -1.13. The van der Waals surface area contributed by atoms with Crippen LogP contribution in [0.3, 0.4) is 0 Å². The molecule has 0 radical (unpaired) electrons. The maximum atomic E-state index is 10.9. The second kappa shape index (κ2) is 4.69. The van der Waals surface area contributed by atoms with Crippen LogP contribution in [0.5, 0.6) is 0 Å². The lowest BCUT2D eigenvalue weighted by Gasteiger charge is -2.02. The fraction of sp³-hybridized carbons (Fsp3) is 0.0909. The Morgan fingerprint density at radius 2 is 2.21 bits per heavy atom. The van der Waals surface area contributed by atoms with Crippen molar-refractivity contribution in [3.05, 3.63) is 50.8 Å². The quantitative estimate of drug-likeness (QED) is 0.688. The van der Waals surface area contributed by atoms with Gasteiger partial charge in [-0.05, 0) is 19.1 Å². The molecule has 98 valence electrons. The van der Waals surface area contributed by atoms with Crippen LogP contribution in [0.25, 0.3) is 5.69 Å². The average molecular weight is 282 g/mol. The van der Waals surface area contributed by atoms with Crippen LogP contribution in [0.1, 0.15) is 16.1 Å². The molecule has 0 saturated carbocycles. The Kier molecular flexibility index (Phi) is 3.22. The molecular formula is C11H8ClN3O4. The molecule has 0 saturated heterocycles. The maximum absolute atomic E-state index is 10.9. The van der Waals surface area contributed by atoms with E-state index >= 15 is 0 Å². The van der Waals surface area contributed by atoms with Crippen LogP contribution < -0.4 is 0 Å². The van der Waals surface area contributed by atoms with Gasteiger partial charge in [0.1, 0.15) is 5.02 Å². The van der Waals surface area contributed by atoms with Gasteiger partial charge >= 0.3 is 5.97 Å². The van der Waals surface area contributed by atoms with E-state index in [0.717, 1.165) is 0 Å². The monoisotopic (exact) mass is 281 g/mol. The van der Waals surface area contributed by atoms with Crippen molar-refractivity contribution in [2.24, 2.45) is 0 Å². The summed E-state index contributed by atoms with van der Waals surface area (Å²) < 4.78 is 1.31. The fourth-order valence-corrected chi connectivity index (χ4v) is 1.83. The van der Waals surface area contributed by atoms with E-state index in [4.69, 9.17) is 16.7 Å². The first-order valence-corrected chi connectivity index (χ1v) is 5.52. The number of nitro benzene ring substituents is 1. The number of carboxylic acids is 1. The first kappa shape index (κ1) is 13.0. The largest absolute Gasteiger partial charge is 0.476 e. The zero-order chi connectivity index (χ0) is 14.2. The first-order chi connectivity index (χ1) is 8.90. The van der Waals surface area contributed by atoms with Crippen molar-refractivity contribution in [3.8, 4) is 5.69 Å². The van der Waals surface area contributed by atoms with E-state index in [1.807, 2.05) is 0 Å². The molecule has 19 heavy (non-hydrogen) atoms. The van der Waals surface area contributed by atoms with Crippen LogP contribution in [-0.4, -0.2) is 25.8 Å². The van der Waals surface area contributed by atoms with Crippen molar-refractivity contribution >= 4 is 23.3 Å². The molecule has 2 aromatic rings. The smallest absolute Gasteiger partial charge is 0.356 e. The minimum atomic E-state index is -1.13. The molecule has 0 aliphatic heterocycles. The van der Waals surface area contributed by atoms with Gasteiger partial charge < -0.3 is 5.11 Å². The topological polar surface area (TPSA) is 98.3 Å². The Balaban J connectivity index is 2.48. The van der Waals surface area contributed by atoms with Crippen molar-refractivity contribution in [1.82, 2.24) is 9.78 Å². The summed E-state index contributed by atoms with van der Waals surface area (Å²) in [5.41, 5.74) is 0.649. The maximum Gasteiger partial charge on any atom is 0.356 e. The number of nitro groups is 1. The van der Waals surface area contributed by atoms with Gasteiger partial charge in [-0.1, -0.05) is 11.6 Å². The highest BCUT2D eigenvalue weighted by Crippen LogP contribution is 2.26. The van der Waals surface area contributed by atoms with E-state index in [9.17, 15) is 14.9 Å². The molecule has 0 atom stereocenters. The number of aryl methyl sites for hydroxylation is 1. The third kappa shape index (κ3) is 2.41. The molecular weight excluding hydrogens is 274 g/mol. The number of carbonyl (C=O) groups is 1. The van der Waals surface area contributed by atoms with Crippen LogP contribution in [0, 0.1) is 17.0 Å². The Morgan fingerprint density at radius 1 is 1.53 bits per heavy atom. The number of rotatable bonds is 3. The van der Waals surface area contributed by atoms with Gasteiger partial charge in [-0.25, -0.2) is 9.48 Å². The molecule has 0 unspecified atom stereocenters. The zero-order valence-corrected chi connectivity index (χ0v) is 10.5. The Bertz CT molecular complexity index is 681. The van der Waals surface area contributed by atoms with Crippen LogP contribution in [0.15, 0.2) is 24.4 Å². The number of benzene rings is 1. The van der Waals surface area contributed by atoms with Gasteiger partial charge in [0, 0.05) is 17.8 Å². The lowest BCUT2D eigenvalue weighted by atomic mass is 10.3. The second-order valence-corrected chi connectivity index (χ2v) is 4.21. The summed E-state index contributed by atoms with van der Waals surface area (Å²) in [6, 6.07) is 4.05. The predicted molar refractivity (Wildman–Crippen MR) is 66.9 cm³/mol. The minimum absolute atomic E-state index is 0.0347. The molecule has 0 aliphatic carbocycles. The van der Waals surface area contributed by atoms with Gasteiger partial charge in [-0.3, -0.25) is 10.1 Å². The van der Waals surface area contributed by atoms with Gasteiger partial charge in [0.2, 0.25) is 0 Å². The highest BCUT2D eigenvalue weighted by atomic mass is 35.5. The van der Waals surface area contributed by atoms with Crippen molar-refractivity contribution in [2.75, 3.05) is 0 Å². The standard InChI is InChI=1S/C11H8ClN3O4/c1-6-5-14(13-10(6)11(16)17)7-2-3-9(15(18)19)8(12)4-7/h2-5H,1H3,(H,16,17). The van der Waals surface area contributed by atoms with Gasteiger partial charge in [-0.15, -0.1) is 0 Å². The van der Waals surface area contributed by atoms with E-state index < -0.39 is 10.9 Å². The summed E-state index contributed by atoms with van der Waals surface area (Å²) in [7, 11) is 0. The van der Waals surface area contributed by atoms with E-state index in [1.54, 1.807) is 6.92 Å². The number of carboxylic acid groups (broad SMARTS) is 1. The number of aromatic carboxylic acids is 1. The Morgan fingerprint density at radius 3 is 2.68 bits per heavy atom. The van der Waals surface area contributed by atoms with Crippen LogP contribution in [-0.2, 0) is 0 Å². The van der Waals surface area contributed by atoms with Crippen molar-refractivity contribution in [2.45, 2.75) is 6.92 Å². The summed E-state index contributed by atoms with van der Waals surface area (Å²) in [6.45, 7) is 1.61. The van der Waals surface area contributed by atoms with Crippen LogP contribution in [0.4, 0.5) is 5.69 Å².